The van der Waals surface area contributed by atoms with Crippen molar-refractivity contribution in [1.82, 2.24) is 14.4 Å². The normalized spacial score (nSPS) is 17.2. The number of aromatic nitrogens is 1. The van der Waals surface area contributed by atoms with Crippen molar-refractivity contribution in [2.45, 2.75) is 25.9 Å². The zero-order valence-electron chi connectivity index (χ0n) is 19.5. The molecule has 0 fully saturated rings. The highest BCUT2D eigenvalue weighted by atomic mass is 16.2. The average molecular weight is 450 g/mol. The van der Waals surface area contributed by atoms with Gasteiger partial charge in [0, 0.05) is 47.9 Å². The number of aryl methyl sites for hydroxylation is 1. The maximum Gasteiger partial charge on any atom is 0.255 e. The van der Waals surface area contributed by atoms with Crippen LogP contribution in [0.25, 0.3) is 10.9 Å². The van der Waals surface area contributed by atoms with Crippen LogP contribution < -0.4 is 0 Å². The summed E-state index contributed by atoms with van der Waals surface area (Å²) in [7, 11) is 2.06. The molecule has 34 heavy (non-hydrogen) atoms. The second-order valence-electron chi connectivity index (χ2n) is 9.33. The van der Waals surface area contributed by atoms with Crippen LogP contribution in [0.5, 0.6) is 0 Å². The van der Waals surface area contributed by atoms with Gasteiger partial charge >= 0.3 is 0 Å². The summed E-state index contributed by atoms with van der Waals surface area (Å²) in [5.41, 5.74) is 7.51. The van der Waals surface area contributed by atoms with Crippen LogP contribution in [0.15, 0.2) is 72.8 Å². The van der Waals surface area contributed by atoms with Gasteiger partial charge in [-0.1, -0.05) is 60.7 Å². The molecule has 0 saturated carbocycles. The number of para-hydroxylation sites is 1. The largest absolute Gasteiger partial charge is 0.348 e. The Bertz CT molecular complexity index is 1450. The van der Waals surface area contributed by atoms with Gasteiger partial charge < -0.3 is 14.4 Å². The topological polar surface area (TPSA) is 45.6 Å². The number of benzene rings is 3. The Balaban J connectivity index is 1.40. The van der Waals surface area contributed by atoms with Gasteiger partial charge in [-0.05, 0) is 42.2 Å². The summed E-state index contributed by atoms with van der Waals surface area (Å²) in [4.78, 5) is 30.8. The van der Waals surface area contributed by atoms with Gasteiger partial charge in [0.05, 0.1) is 6.04 Å². The van der Waals surface area contributed by atoms with Crippen LogP contribution in [-0.4, -0.2) is 39.3 Å². The second kappa shape index (κ2) is 7.87. The summed E-state index contributed by atoms with van der Waals surface area (Å²) in [5, 5.41) is 1.13. The van der Waals surface area contributed by atoms with Crippen LogP contribution in [0, 0.1) is 6.92 Å². The first kappa shape index (κ1) is 20.7. The lowest BCUT2D eigenvalue weighted by molar-refractivity contribution is -0.133. The van der Waals surface area contributed by atoms with E-state index in [0.717, 1.165) is 34.1 Å². The monoisotopic (exact) mass is 449 g/mol. The summed E-state index contributed by atoms with van der Waals surface area (Å²) < 4.78 is 2.18. The van der Waals surface area contributed by atoms with E-state index in [1.807, 2.05) is 53.4 Å². The molecule has 5 heteroatoms. The van der Waals surface area contributed by atoms with Crippen molar-refractivity contribution in [2.24, 2.45) is 7.05 Å². The van der Waals surface area contributed by atoms with Crippen LogP contribution >= 0.6 is 0 Å². The molecule has 2 aliphatic heterocycles. The molecule has 0 radical (unpaired) electrons. The standard InChI is InChI=1S/C29H27N3O2/c1-19-27(24-13-7-8-14-25(24)30(19)2)28-22-11-5-6-12-23(22)29(34)32(28)18-26(33)31-16-15-20-9-3-4-10-21(20)17-31/h3-14,28H,15-18H2,1-2H3. The van der Waals surface area contributed by atoms with Gasteiger partial charge in [-0.25, -0.2) is 0 Å². The highest BCUT2D eigenvalue weighted by Crippen LogP contribution is 2.43. The second-order valence-corrected chi connectivity index (χ2v) is 9.33. The summed E-state index contributed by atoms with van der Waals surface area (Å²) >= 11 is 0. The zero-order chi connectivity index (χ0) is 23.4. The van der Waals surface area contributed by atoms with Crippen molar-refractivity contribution in [3.8, 4) is 0 Å². The number of carbonyl (C=O) groups excluding carboxylic acids is 2. The number of amides is 2. The van der Waals surface area contributed by atoms with E-state index in [-0.39, 0.29) is 24.4 Å². The third-order valence-corrected chi connectivity index (χ3v) is 7.57. The lowest BCUT2D eigenvalue weighted by atomic mass is 9.95. The van der Waals surface area contributed by atoms with Crippen molar-refractivity contribution >= 4 is 22.7 Å². The first-order chi connectivity index (χ1) is 16.5. The van der Waals surface area contributed by atoms with Crippen molar-refractivity contribution in [3.05, 3.63) is 106 Å². The molecule has 170 valence electrons. The zero-order valence-corrected chi connectivity index (χ0v) is 19.5. The number of fused-ring (bicyclic) bond motifs is 3. The molecule has 0 saturated heterocycles. The van der Waals surface area contributed by atoms with Crippen molar-refractivity contribution in [2.75, 3.05) is 13.1 Å². The average Bonchev–Trinajstić information content (AvgIpc) is 3.29. The molecule has 2 amide bonds. The van der Waals surface area contributed by atoms with Crippen molar-refractivity contribution < 1.29 is 9.59 Å². The molecule has 0 N–H and O–H groups in total. The Hall–Kier alpha value is -3.86. The van der Waals surface area contributed by atoms with Crippen LogP contribution in [0.3, 0.4) is 0 Å². The van der Waals surface area contributed by atoms with Gasteiger partial charge in [0.15, 0.2) is 0 Å². The summed E-state index contributed by atoms with van der Waals surface area (Å²) in [6.07, 6.45) is 0.849. The Morgan fingerprint density at radius 2 is 1.65 bits per heavy atom. The Morgan fingerprint density at radius 1 is 0.941 bits per heavy atom. The van der Waals surface area contributed by atoms with Crippen LogP contribution in [0.4, 0.5) is 0 Å². The van der Waals surface area contributed by atoms with E-state index in [1.165, 1.54) is 11.1 Å². The fraction of sp³-hybridized carbons (Fsp3) is 0.241. The number of rotatable bonds is 3. The van der Waals surface area contributed by atoms with Crippen LogP contribution in [0.2, 0.25) is 0 Å². The smallest absolute Gasteiger partial charge is 0.255 e. The maximum absolute atomic E-state index is 13.6. The van der Waals surface area contributed by atoms with Gasteiger partial charge in [-0.3, -0.25) is 9.59 Å². The fourth-order valence-electron chi connectivity index (χ4n) is 5.69. The lowest BCUT2D eigenvalue weighted by Crippen LogP contribution is -2.44. The van der Waals surface area contributed by atoms with E-state index in [9.17, 15) is 9.59 Å². The van der Waals surface area contributed by atoms with Crippen LogP contribution in [-0.2, 0) is 24.8 Å². The first-order valence-electron chi connectivity index (χ1n) is 11.8. The molecule has 2 aliphatic rings. The van der Waals surface area contributed by atoms with Gasteiger partial charge in [0.25, 0.3) is 5.91 Å². The van der Waals surface area contributed by atoms with Gasteiger partial charge in [0.1, 0.15) is 6.54 Å². The van der Waals surface area contributed by atoms with Gasteiger partial charge in [-0.15, -0.1) is 0 Å². The van der Waals surface area contributed by atoms with E-state index in [4.69, 9.17) is 0 Å². The van der Waals surface area contributed by atoms with Crippen LogP contribution in [0.1, 0.15) is 44.3 Å². The SMILES string of the molecule is Cc1c(C2c3ccccc3C(=O)N2CC(=O)N2CCc3ccccc3C2)c2ccccc2n1C. The fourth-order valence-corrected chi connectivity index (χ4v) is 5.69. The minimum absolute atomic E-state index is 0.00134. The minimum Gasteiger partial charge on any atom is -0.348 e. The molecule has 3 heterocycles. The maximum atomic E-state index is 13.6. The predicted molar refractivity (Wildman–Crippen MR) is 133 cm³/mol. The quantitative estimate of drug-likeness (QED) is 0.458. The number of hydrogen-bond acceptors (Lipinski definition) is 2. The molecule has 1 aromatic heterocycles. The predicted octanol–water partition coefficient (Wildman–Crippen LogP) is 4.62. The molecular formula is C29H27N3O2. The molecule has 5 nitrogen and oxygen atoms in total. The van der Waals surface area contributed by atoms with Crippen molar-refractivity contribution in [3.63, 3.8) is 0 Å². The Labute approximate surface area is 199 Å². The lowest BCUT2D eigenvalue weighted by Gasteiger charge is -2.32. The van der Waals surface area contributed by atoms with Gasteiger partial charge in [-0.2, -0.15) is 0 Å². The number of hydrogen-bond donors (Lipinski definition) is 0. The van der Waals surface area contributed by atoms with E-state index >= 15 is 0 Å². The summed E-state index contributed by atoms with van der Waals surface area (Å²) in [6, 6.07) is 24.1. The molecule has 6 rings (SSSR count). The molecule has 1 atom stereocenters. The molecule has 0 aliphatic carbocycles. The molecule has 0 spiro atoms. The molecular weight excluding hydrogens is 422 g/mol. The Morgan fingerprint density at radius 3 is 2.50 bits per heavy atom. The van der Waals surface area contributed by atoms with E-state index < -0.39 is 0 Å². The van der Waals surface area contributed by atoms with Crippen molar-refractivity contribution in [1.29, 1.82) is 0 Å². The molecule has 4 aromatic rings. The highest BCUT2D eigenvalue weighted by molar-refractivity contribution is 6.02. The third-order valence-electron chi connectivity index (χ3n) is 7.57. The Kier molecular flexibility index (Phi) is 4.80. The number of carbonyl (C=O) groups is 2. The minimum atomic E-state index is -0.282. The molecule has 0 bridgehead atoms. The van der Waals surface area contributed by atoms with Gasteiger partial charge in [0.2, 0.25) is 5.91 Å². The number of nitrogens with zero attached hydrogens (tertiary/aromatic N) is 3. The van der Waals surface area contributed by atoms with E-state index in [1.54, 1.807) is 4.90 Å². The molecule has 1 unspecified atom stereocenters. The molecule has 3 aromatic carbocycles. The highest BCUT2D eigenvalue weighted by Gasteiger charge is 2.41. The van der Waals surface area contributed by atoms with E-state index in [0.29, 0.717) is 18.7 Å². The van der Waals surface area contributed by atoms with E-state index in [2.05, 4.69) is 42.8 Å². The summed E-state index contributed by atoms with van der Waals surface area (Å²) in [6.45, 7) is 3.45. The summed E-state index contributed by atoms with van der Waals surface area (Å²) in [5.74, 6) is -0.0720. The first-order valence-corrected chi connectivity index (χ1v) is 11.8. The third kappa shape index (κ3) is 3.07.